The van der Waals surface area contributed by atoms with Crippen LogP contribution in [0.25, 0.3) is 10.4 Å². The van der Waals surface area contributed by atoms with Crippen molar-refractivity contribution in [3.8, 4) is 10.4 Å². The van der Waals surface area contributed by atoms with Gasteiger partial charge in [-0.1, -0.05) is 17.4 Å². The predicted molar refractivity (Wildman–Crippen MR) is 69.4 cm³/mol. The fourth-order valence-electron chi connectivity index (χ4n) is 1.29. The van der Waals surface area contributed by atoms with Crippen molar-refractivity contribution in [2.75, 3.05) is 11.9 Å². The van der Waals surface area contributed by atoms with E-state index in [4.69, 9.17) is 0 Å². The van der Waals surface area contributed by atoms with Gasteiger partial charge in [-0.3, -0.25) is 0 Å². The van der Waals surface area contributed by atoms with Gasteiger partial charge in [0.05, 0.1) is 9.35 Å². The first-order chi connectivity index (χ1) is 7.70. The van der Waals surface area contributed by atoms with Crippen molar-refractivity contribution < 1.29 is 4.39 Å². The van der Waals surface area contributed by atoms with E-state index in [2.05, 4.69) is 26.2 Å². The molecule has 0 saturated heterocycles. The number of hydrogen-bond acceptors (Lipinski definition) is 3. The lowest BCUT2D eigenvalue weighted by atomic mass is 10.2. The van der Waals surface area contributed by atoms with Gasteiger partial charge in [0.2, 0.25) is 0 Å². The fourth-order valence-corrected chi connectivity index (χ4v) is 2.42. The summed E-state index contributed by atoms with van der Waals surface area (Å²) in [7, 11) is 0. The van der Waals surface area contributed by atoms with Gasteiger partial charge < -0.3 is 5.32 Å². The highest BCUT2D eigenvalue weighted by Crippen LogP contribution is 2.30. The molecule has 0 aliphatic carbocycles. The van der Waals surface area contributed by atoms with Gasteiger partial charge >= 0.3 is 0 Å². The first kappa shape index (κ1) is 11.5. The molecular formula is C11H10BrFN2S. The van der Waals surface area contributed by atoms with E-state index in [0.29, 0.717) is 4.47 Å². The van der Waals surface area contributed by atoms with Crippen molar-refractivity contribution in [2.24, 2.45) is 0 Å². The molecule has 1 aromatic carbocycles. The molecule has 0 aliphatic rings. The van der Waals surface area contributed by atoms with Crippen molar-refractivity contribution in [3.63, 3.8) is 0 Å². The van der Waals surface area contributed by atoms with E-state index in [1.807, 2.05) is 13.0 Å². The maximum atomic E-state index is 13.3. The largest absolute Gasteiger partial charge is 0.362 e. The summed E-state index contributed by atoms with van der Waals surface area (Å²) in [5, 5.41) is 3.99. The molecule has 2 nitrogen and oxygen atoms in total. The number of nitrogens with one attached hydrogen (secondary N) is 1. The summed E-state index contributed by atoms with van der Waals surface area (Å²) in [6.07, 6.45) is 1.76. The minimum absolute atomic E-state index is 0.254. The molecule has 0 atom stereocenters. The Labute approximate surface area is 106 Å². The van der Waals surface area contributed by atoms with E-state index in [1.165, 1.54) is 17.4 Å². The van der Waals surface area contributed by atoms with Gasteiger partial charge in [-0.05, 0) is 40.5 Å². The van der Waals surface area contributed by atoms with E-state index in [9.17, 15) is 4.39 Å². The normalized spacial score (nSPS) is 10.4. The van der Waals surface area contributed by atoms with E-state index in [-0.39, 0.29) is 5.82 Å². The standard InChI is InChI=1S/C11H10BrFN2S/c1-2-14-11-15-6-10(16-11)7-3-4-8(12)9(13)5-7/h3-6H,2H2,1H3,(H,14,15). The Balaban J connectivity index is 2.31. The van der Waals surface area contributed by atoms with E-state index in [1.54, 1.807) is 12.3 Å². The molecule has 16 heavy (non-hydrogen) atoms. The van der Waals surface area contributed by atoms with E-state index in [0.717, 1.165) is 22.1 Å². The number of aromatic nitrogens is 1. The van der Waals surface area contributed by atoms with Crippen molar-refractivity contribution >= 4 is 32.4 Å². The Morgan fingerprint density at radius 1 is 1.50 bits per heavy atom. The Hall–Kier alpha value is -0.940. The number of rotatable bonds is 3. The Kier molecular flexibility index (Phi) is 3.56. The molecule has 0 radical (unpaired) electrons. The molecule has 84 valence electrons. The number of thiazole rings is 1. The molecule has 0 aliphatic heterocycles. The molecule has 0 amide bonds. The quantitative estimate of drug-likeness (QED) is 0.921. The van der Waals surface area contributed by atoms with E-state index < -0.39 is 0 Å². The number of halogens is 2. The molecule has 0 spiro atoms. The van der Waals surface area contributed by atoms with Crippen LogP contribution < -0.4 is 5.32 Å². The monoisotopic (exact) mass is 300 g/mol. The van der Waals surface area contributed by atoms with Crippen molar-refractivity contribution in [1.29, 1.82) is 0 Å². The average Bonchev–Trinajstić information content (AvgIpc) is 2.71. The second kappa shape index (κ2) is 4.93. The van der Waals surface area contributed by atoms with Gasteiger partial charge in [-0.2, -0.15) is 0 Å². The summed E-state index contributed by atoms with van der Waals surface area (Å²) in [5.41, 5.74) is 0.849. The van der Waals surface area contributed by atoms with Gasteiger partial charge in [-0.15, -0.1) is 0 Å². The van der Waals surface area contributed by atoms with Crippen LogP contribution in [0, 0.1) is 5.82 Å². The summed E-state index contributed by atoms with van der Waals surface area (Å²) in [6, 6.07) is 5.08. The number of nitrogens with zero attached hydrogens (tertiary/aromatic N) is 1. The Morgan fingerprint density at radius 2 is 2.31 bits per heavy atom. The molecule has 0 fully saturated rings. The van der Waals surface area contributed by atoms with Gasteiger partial charge in [0.1, 0.15) is 5.82 Å². The van der Waals surface area contributed by atoms with Gasteiger partial charge in [0.15, 0.2) is 5.13 Å². The van der Waals surface area contributed by atoms with E-state index >= 15 is 0 Å². The Morgan fingerprint density at radius 3 is 3.00 bits per heavy atom. The molecule has 1 N–H and O–H groups in total. The van der Waals surface area contributed by atoms with Crippen molar-refractivity contribution in [1.82, 2.24) is 4.98 Å². The molecule has 0 bridgehead atoms. The van der Waals surface area contributed by atoms with Gasteiger partial charge in [0.25, 0.3) is 0 Å². The summed E-state index contributed by atoms with van der Waals surface area (Å²) in [6.45, 7) is 2.85. The smallest absolute Gasteiger partial charge is 0.183 e. The van der Waals surface area contributed by atoms with Crippen LogP contribution in [-0.2, 0) is 0 Å². The third kappa shape index (κ3) is 2.41. The predicted octanol–water partition coefficient (Wildman–Crippen LogP) is 4.14. The molecule has 2 rings (SSSR count). The molecule has 0 unspecified atom stereocenters. The van der Waals surface area contributed by atoms with Crippen LogP contribution in [0.5, 0.6) is 0 Å². The maximum absolute atomic E-state index is 13.3. The minimum atomic E-state index is -0.254. The molecule has 2 aromatic rings. The van der Waals surface area contributed by atoms with Crippen molar-refractivity contribution in [3.05, 3.63) is 34.7 Å². The van der Waals surface area contributed by atoms with Crippen LogP contribution in [0.15, 0.2) is 28.9 Å². The number of hydrogen-bond donors (Lipinski definition) is 1. The van der Waals surface area contributed by atoms with Crippen LogP contribution in [-0.4, -0.2) is 11.5 Å². The minimum Gasteiger partial charge on any atom is -0.362 e. The first-order valence-corrected chi connectivity index (χ1v) is 6.46. The highest BCUT2D eigenvalue weighted by atomic mass is 79.9. The van der Waals surface area contributed by atoms with Crippen LogP contribution >= 0.6 is 27.3 Å². The molecule has 1 heterocycles. The molecule has 0 saturated carbocycles. The molecule has 1 aromatic heterocycles. The second-order valence-corrected chi connectivity index (χ2v) is 5.07. The lowest BCUT2D eigenvalue weighted by molar-refractivity contribution is 0.622. The third-order valence-electron chi connectivity index (χ3n) is 2.04. The zero-order valence-electron chi connectivity index (χ0n) is 8.63. The summed E-state index contributed by atoms with van der Waals surface area (Å²) in [4.78, 5) is 5.17. The average molecular weight is 301 g/mol. The molecule has 5 heteroatoms. The number of benzene rings is 1. The summed E-state index contributed by atoms with van der Waals surface area (Å²) in [5.74, 6) is -0.254. The first-order valence-electron chi connectivity index (χ1n) is 4.86. The summed E-state index contributed by atoms with van der Waals surface area (Å²) >= 11 is 4.65. The van der Waals surface area contributed by atoms with Crippen LogP contribution in [0.4, 0.5) is 9.52 Å². The van der Waals surface area contributed by atoms with Crippen molar-refractivity contribution in [2.45, 2.75) is 6.92 Å². The topological polar surface area (TPSA) is 24.9 Å². The zero-order valence-corrected chi connectivity index (χ0v) is 11.0. The third-order valence-corrected chi connectivity index (χ3v) is 3.69. The number of anilines is 1. The van der Waals surface area contributed by atoms with Crippen LogP contribution in [0.3, 0.4) is 0 Å². The fraction of sp³-hybridized carbons (Fsp3) is 0.182. The summed E-state index contributed by atoms with van der Waals surface area (Å²) < 4.78 is 13.8. The highest BCUT2D eigenvalue weighted by Gasteiger charge is 2.06. The SMILES string of the molecule is CCNc1ncc(-c2ccc(Br)c(F)c2)s1. The zero-order chi connectivity index (χ0) is 11.5. The van der Waals surface area contributed by atoms with Gasteiger partial charge in [0, 0.05) is 12.7 Å². The lowest BCUT2D eigenvalue weighted by Gasteiger charge is -1.98. The van der Waals surface area contributed by atoms with Crippen LogP contribution in [0.2, 0.25) is 0 Å². The Bertz CT molecular complexity index is 498. The maximum Gasteiger partial charge on any atom is 0.183 e. The van der Waals surface area contributed by atoms with Gasteiger partial charge in [-0.25, -0.2) is 9.37 Å². The lowest BCUT2D eigenvalue weighted by Crippen LogP contribution is -1.94. The molecular weight excluding hydrogens is 291 g/mol. The highest BCUT2D eigenvalue weighted by molar-refractivity contribution is 9.10. The second-order valence-electron chi connectivity index (χ2n) is 3.19. The van der Waals surface area contributed by atoms with Crippen LogP contribution in [0.1, 0.15) is 6.92 Å².